The summed E-state index contributed by atoms with van der Waals surface area (Å²) in [4.78, 5) is 22.2. The highest BCUT2D eigenvalue weighted by molar-refractivity contribution is 5.90. The van der Waals surface area contributed by atoms with Crippen molar-refractivity contribution in [2.24, 2.45) is 0 Å². The van der Waals surface area contributed by atoms with Gasteiger partial charge in [-0.15, -0.1) is 0 Å². The Morgan fingerprint density at radius 2 is 2.50 bits per heavy atom. The smallest absolute Gasteiger partial charge is 0.226 e. The Bertz CT molecular complexity index is 430. The van der Waals surface area contributed by atoms with Crippen LogP contribution in [0.3, 0.4) is 0 Å². The largest absolute Gasteiger partial charge is 0.322 e. The van der Waals surface area contributed by atoms with Crippen molar-refractivity contribution >= 4 is 23.0 Å². The Balaban J connectivity index is 2.31. The lowest BCUT2D eigenvalue weighted by atomic mass is 10.4. The highest BCUT2D eigenvalue weighted by Gasteiger charge is 2.04. The van der Waals surface area contributed by atoms with Crippen molar-refractivity contribution in [1.29, 1.82) is 0 Å². The molecule has 1 amide bonds. The first kappa shape index (κ1) is 8.68. The summed E-state index contributed by atoms with van der Waals surface area (Å²) in [6.45, 7) is 1.79. The van der Waals surface area contributed by atoms with E-state index in [1.165, 1.54) is 0 Å². The topological polar surface area (TPSA) is 70.7 Å². The van der Waals surface area contributed by atoms with Gasteiger partial charge < -0.3 is 4.98 Å². The van der Waals surface area contributed by atoms with Crippen LogP contribution in [0.15, 0.2) is 18.3 Å². The molecule has 5 nitrogen and oxygen atoms in total. The van der Waals surface area contributed by atoms with Crippen molar-refractivity contribution in [3.8, 4) is 0 Å². The predicted octanol–water partition coefficient (Wildman–Crippen LogP) is 1.31. The van der Waals surface area contributed by atoms with Crippen LogP contribution in [-0.4, -0.2) is 20.9 Å². The zero-order chi connectivity index (χ0) is 9.97. The summed E-state index contributed by atoms with van der Waals surface area (Å²) in [5.41, 5.74) is 1.43. The molecule has 0 aliphatic carbocycles. The fraction of sp³-hybridized carbons (Fsp3) is 0.222. The maximum atomic E-state index is 11.1. The van der Waals surface area contributed by atoms with Gasteiger partial charge in [0, 0.05) is 12.6 Å². The van der Waals surface area contributed by atoms with Crippen LogP contribution in [0.25, 0.3) is 11.2 Å². The number of rotatable bonds is 2. The zero-order valence-corrected chi connectivity index (χ0v) is 7.74. The second-order valence-electron chi connectivity index (χ2n) is 2.86. The first-order valence-electron chi connectivity index (χ1n) is 4.40. The summed E-state index contributed by atoms with van der Waals surface area (Å²) in [5.74, 6) is 0.384. The third-order valence-corrected chi connectivity index (χ3v) is 1.84. The molecule has 5 heteroatoms. The van der Waals surface area contributed by atoms with Crippen LogP contribution in [-0.2, 0) is 4.79 Å². The molecule has 0 bridgehead atoms. The summed E-state index contributed by atoms with van der Waals surface area (Å²) >= 11 is 0. The molecule has 0 radical (unpaired) electrons. The summed E-state index contributed by atoms with van der Waals surface area (Å²) in [6.07, 6.45) is 2.10. The number of anilines is 1. The van der Waals surface area contributed by atoms with E-state index >= 15 is 0 Å². The van der Waals surface area contributed by atoms with E-state index in [0.717, 1.165) is 5.52 Å². The van der Waals surface area contributed by atoms with Gasteiger partial charge in [0.05, 0.1) is 5.52 Å². The summed E-state index contributed by atoms with van der Waals surface area (Å²) in [6, 6.07) is 3.67. The minimum absolute atomic E-state index is 0.0657. The molecular formula is C9H10N4O. The molecule has 0 aromatic carbocycles. The van der Waals surface area contributed by atoms with Gasteiger partial charge >= 0.3 is 0 Å². The van der Waals surface area contributed by atoms with E-state index in [2.05, 4.69) is 20.3 Å². The summed E-state index contributed by atoms with van der Waals surface area (Å²) in [5, 5.41) is 2.64. The van der Waals surface area contributed by atoms with Gasteiger partial charge in [-0.1, -0.05) is 6.92 Å². The minimum atomic E-state index is -0.0657. The SMILES string of the molecule is CCC(=O)Nc1nc2ncccc2[nH]1. The number of carbonyl (C=O) groups excluding carboxylic acids is 1. The van der Waals surface area contributed by atoms with Crippen LogP contribution >= 0.6 is 0 Å². The number of amides is 1. The third-order valence-electron chi connectivity index (χ3n) is 1.84. The normalized spacial score (nSPS) is 10.4. The van der Waals surface area contributed by atoms with Gasteiger partial charge in [0.1, 0.15) is 0 Å². The molecule has 0 fully saturated rings. The van der Waals surface area contributed by atoms with Crippen LogP contribution in [0.2, 0.25) is 0 Å². The number of carbonyl (C=O) groups is 1. The number of aromatic amines is 1. The van der Waals surface area contributed by atoms with Gasteiger partial charge in [-0.25, -0.2) is 4.98 Å². The van der Waals surface area contributed by atoms with Crippen molar-refractivity contribution in [3.63, 3.8) is 0 Å². The Hall–Kier alpha value is -1.91. The monoisotopic (exact) mass is 190 g/mol. The lowest BCUT2D eigenvalue weighted by molar-refractivity contribution is -0.115. The Kier molecular flexibility index (Phi) is 2.14. The Labute approximate surface area is 80.6 Å². The Morgan fingerprint density at radius 1 is 1.64 bits per heavy atom. The van der Waals surface area contributed by atoms with Gasteiger partial charge in [0.15, 0.2) is 5.65 Å². The molecule has 0 aliphatic rings. The first-order valence-corrected chi connectivity index (χ1v) is 4.40. The summed E-state index contributed by atoms with van der Waals surface area (Å²) in [7, 11) is 0. The number of hydrogen-bond acceptors (Lipinski definition) is 3. The molecule has 2 aromatic heterocycles. The molecule has 2 heterocycles. The highest BCUT2D eigenvalue weighted by Crippen LogP contribution is 2.10. The number of imidazole rings is 1. The van der Waals surface area contributed by atoms with E-state index in [4.69, 9.17) is 0 Å². The molecule has 0 unspecified atom stereocenters. The molecule has 0 saturated carbocycles. The molecule has 0 atom stereocenters. The van der Waals surface area contributed by atoms with Gasteiger partial charge in [-0.2, -0.15) is 4.98 Å². The molecular weight excluding hydrogens is 180 g/mol. The zero-order valence-electron chi connectivity index (χ0n) is 7.74. The molecule has 72 valence electrons. The summed E-state index contributed by atoms with van der Waals surface area (Å²) < 4.78 is 0. The van der Waals surface area contributed by atoms with Gasteiger partial charge in [0.2, 0.25) is 11.9 Å². The number of pyridine rings is 1. The second-order valence-corrected chi connectivity index (χ2v) is 2.86. The van der Waals surface area contributed by atoms with Gasteiger partial charge in [-0.3, -0.25) is 10.1 Å². The van der Waals surface area contributed by atoms with Crippen molar-refractivity contribution in [2.75, 3.05) is 5.32 Å². The lowest BCUT2D eigenvalue weighted by Gasteiger charge is -1.95. The lowest BCUT2D eigenvalue weighted by Crippen LogP contribution is -2.10. The second kappa shape index (κ2) is 3.45. The number of H-pyrrole nitrogens is 1. The number of hydrogen-bond donors (Lipinski definition) is 2. The van der Waals surface area contributed by atoms with Crippen molar-refractivity contribution in [2.45, 2.75) is 13.3 Å². The molecule has 14 heavy (non-hydrogen) atoms. The van der Waals surface area contributed by atoms with Crippen LogP contribution in [0.5, 0.6) is 0 Å². The van der Waals surface area contributed by atoms with E-state index in [1.54, 1.807) is 13.1 Å². The molecule has 2 rings (SSSR count). The van der Waals surface area contributed by atoms with Crippen molar-refractivity contribution < 1.29 is 4.79 Å². The number of fused-ring (bicyclic) bond motifs is 1. The van der Waals surface area contributed by atoms with E-state index in [0.29, 0.717) is 18.0 Å². The average Bonchev–Trinajstić information content (AvgIpc) is 2.59. The molecule has 0 spiro atoms. The average molecular weight is 190 g/mol. The van der Waals surface area contributed by atoms with E-state index in [-0.39, 0.29) is 5.91 Å². The van der Waals surface area contributed by atoms with Crippen molar-refractivity contribution in [3.05, 3.63) is 18.3 Å². The van der Waals surface area contributed by atoms with Crippen LogP contribution in [0.1, 0.15) is 13.3 Å². The highest BCUT2D eigenvalue weighted by atomic mass is 16.1. The number of nitrogens with zero attached hydrogens (tertiary/aromatic N) is 2. The number of aromatic nitrogens is 3. The molecule has 0 saturated heterocycles. The molecule has 2 aromatic rings. The van der Waals surface area contributed by atoms with Crippen LogP contribution < -0.4 is 5.32 Å². The molecule has 0 aliphatic heterocycles. The predicted molar refractivity (Wildman–Crippen MR) is 52.8 cm³/mol. The van der Waals surface area contributed by atoms with E-state index in [9.17, 15) is 4.79 Å². The number of nitrogens with one attached hydrogen (secondary N) is 2. The van der Waals surface area contributed by atoms with Crippen LogP contribution in [0, 0.1) is 0 Å². The molecule has 2 N–H and O–H groups in total. The minimum Gasteiger partial charge on any atom is -0.322 e. The standard InChI is InChI=1S/C9H10N4O/c1-2-7(14)12-9-11-6-4-3-5-10-8(6)13-9/h3-5H,2H2,1H3,(H2,10,11,12,13,14). The van der Waals surface area contributed by atoms with E-state index < -0.39 is 0 Å². The van der Waals surface area contributed by atoms with Gasteiger partial charge in [-0.05, 0) is 12.1 Å². The third kappa shape index (κ3) is 1.56. The van der Waals surface area contributed by atoms with Crippen LogP contribution in [0.4, 0.5) is 5.95 Å². The maximum absolute atomic E-state index is 11.1. The maximum Gasteiger partial charge on any atom is 0.226 e. The quantitative estimate of drug-likeness (QED) is 0.749. The van der Waals surface area contributed by atoms with E-state index in [1.807, 2.05) is 12.1 Å². The van der Waals surface area contributed by atoms with Crippen molar-refractivity contribution in [1.82, 2.24) is 15.0 Å². The first-order chi connectivity index (χ1) is 6.79. The van der Waals surface area contributed by atoms with Gasteiger partial charge in [0.25, 0.3) is 0 Å². The Morgan fingerprint density at radius 3 is 3.21 bits per heavy atom. The fourth-order valence-electron chi connectivity index (χ4n) is 1.12. The fourth-order valence-corrected chi connectivity index (χ4v) is 1.12.